The second-order valence-corrected chi connectivity index (χ2v) is 2.57. The van der Waals surface area contributed by atoms with Gasteiger partial charge in [-0.05, 0) is 5.56 Å². The van der Waals surface area contributed by atoms with Gasteiger partial charge in [-0.3, -0.25) is 0 Å². The van der Waals surface area contributed by atoms with E-state index in [2.05, 4.69) is 6.58 Å². The van der Waals surface area contributed by atoms with E-state index < -0.39 is 5.97 Å². The van der Waals surface area contributed by atoms with Crippen LogP contribution in [0, 0.1) is 0 Å². The Labute approximate surface area is 154 Å². The zero-order chi connectivity index (χ0) is 8.97. The van der Waals surface area contributed by atoms with Crippen LogP contribution in [-0.4, -0.2) is 11.1 Å². The lowest BCUT2D eigenvalue weighted by molar-refractivity contribution is -0.132. The fraction of sp³-hybridized carbons (Fsp3) is 0.100. The molecule has 2 nitrogen and oxygen atoms in total. The molecule has 0 fully saturated rings. The van der Waals surface area contributed by atoms with E-state index in [4.69, 9.17) is 5.11 Å². The lowest BCUT2D eigenvalue weighted by Crippen LogP contribution is -2.01. The van der Waals surface area contributed by atoms with Gasteiger partial charge in [0.1, 0.15) is 0 Å². The Morgan fingerprint density at radius 1 is 1.00 bits per heavy atom. The number of hydrogen-bond acceptors (Lipinski definition) is 1. The minimum Gasteiger partial charge on any atom is -0.478 e. The van der Waals surface area contributed by atoms with Crippen molar-refractivity contribution in [3.63, 3.8) is 0 Å². The maximum absolute atomic E-state index is 10.4. The number of halogens is 5. The van der Waals surface area contributed by atoms with E-state index >= 15 is 0 Å². The van der Waals surface area contributed by atoms with E-state index in [0.717, 1.165) is 5.56 Å². The third-order valence-electron chi connectivity index (χ3n) is 1.56. The van der Waals surface area contributed by atoms with Gasteiger partial charge in [-0.1, -0.05) is 36.9 Å². The van der Waals surface area contributed by atoms with E-state index in [-0.39, 0.29) is 90.5 Å². The average Bonchev–Trinajstić information content (AvgIpc) is 2.06. The first-order valence-corrected chi connectivity index (χ1v) is 3.65. The monoisotopic (exact) mass is 562 g/mol. The molecular formula is C10H15Br5O2. The molecule has 1 aromatic carbocycles. The first-order valence-electron chi connectivity index (χ1n) is 3.65. The second kappa shape index (κ2) is 16.8. The van der Waals surface area contributed by atoms with Crippen LogP contribution in [0.5, 0.6) is 0 Å². The third kappa shape index (κ3) is 13.1. The number of carboxylic acids is 1. The minimum absolute atomic E-state index is 0. The molecule has 0 amide bonds. The molecule has 0 unspecified atom stereocenters. The van der Waals surface area contributed by atoms with Crippen molar-refractivity contribution < 1.29 is 9.90 Å². The van der Waals surface area contributed by atoms with Crippen LogP contribution in [0.15, 0.2) is 42.5 Å². The van der Waals surface area contributed by atoms with Gasteiger partial charge in [0.05, 0.1) is 0 Å². The number of aliphatic carboxylic acids is 1. The van der Waals surface area contributed by atoms with Crippen LogP contribution in [0.3, 0.4) is 0 Å². The van der Waals surface area contributed by atoms with E-state index in [9.17, 15) is 4.79 Å². The summed E-state index contributed by atoms with van der Waals surface area (Å²) in [5, 5.41) is 8.54. The Morgan fingerprint density at radius 3 is 1.76 bits per heavy atom. The zero-order valence-corrected chi connectivity index (χ0v) is 17.3. The van der Waals surface area contributed by atoms with Crippen molar-refractivity contribution in [3.05, 3.63) is 48.0 Å². The van der Waals surface area contributed by atoms with Crippen LogP contribution in [0.4, 0.5) is 0 Å². The van der Waals surface area contributed by atoms with Gasteiger partial charge in [0.2, 0.25) is 0 Å². The molecule has 0 radical (unpaired) electrons. The Hall–Kier alpha value is 0.830. The van der Waals surface area contributed by atoms with Gasteiger partial charge in [0, 0.05) is 12.0 Å². The summed E-state index contributed by atoms with van der Waals surface area (Å²) in [5.74, 6) is -0.932. The summed E-state index contributed by atoms with van der Waals surface area (Å²) >= 11 is 0. The summed E-state index contributed by atoms with van der Waals surface area (Å²) in [5.41, 5.74) is 1.20. The Balaban J connectivity index is -0.0000000960. The van der Waals surface area contributed by atoms with Crippen molar-refractivity contribution in [2.75, 3.05) is 0 Å². The molecule has 1 aromatic rings. The molecule has 0 spiro atoms. The van der Waals surface area contributed by atoms with Gasteiger partial charge in [0.15, 0.2) is 0 Å². The van der Waals surface area contributed by atoms with Crippen LogP contribution in [-0.2, 0) is 11.2 Å². The van der Waals surface area contributed by atoms with Gasteiger partial charge in [-0.2, -0.15) is 0 Å². The maximum atomic E-state index is 10.4. The number of carboxylic acid groups (broad SMARTS) is 1. The molecule has 1 rings (SSSR count). The fourth-order valence-corrected chi connectivity index (χ4v) is 0.918. The molecule has 0 bridgehead atoms. The van der Waals surface area contributed by atoms with Crippen LogP contribution in [0.1, 0.15) is 5.56 Å². The highest BCUT2D eigenvalue weighted by Gasteiger charge is 2.03. The molecule has 102 valence electrons. The molecule has 0 aliphatic carbocycles. The van der Waals surface area contributed by atoms with Gasteiger partial charge >= 0.3 is 5.97 Å². The van der Waals surface area contributed by atoms with Crippen molar-refractivity contribution in [3.8, 4) is 0 Å². The number of carbonyl (C=O) groups is 1. The van der Waals surface area contributed by atoms with Crippen LogP contribution < -0.4 is 0 Å². The van der Waals surface area contributed by atoms with E-state index in [1.165, 1.54) is 0 Å². The van der Waals surface area contributed by atoms with Crippen LogP contribution >= 0.6 is 84.9 Å². The number of benzene rings is 1. The summed E-state index contributed by atoms with van der Waals surface area (Å²) in [4.78, 5) is 10.4. The van der Waals surface area contributed by atoms with E-state index in [1.54, 1.807) is 0 Å². The fourth-order valence-electron chi connectivity index (χ4n) is 0.918. The smallest absolute Gasteiger partial charge is 0.331 e. The predicted octanol–water partition coefficient (Wildman–Crippen LogP) is 4.76. The van der Waals surface area contributed by atoms with Crippen molar-refractivity contribution in [1.29, 1.82) is 0 Å². The standard InChI is InChI=1S/C10H10O2.5BrH/c1-8(10(11)12)7-9-5-3-2-4-6-9;;;;;/h2-6H,1,7H2,(H,11,12);5*1H. The molecule has 17 heavy (non-hydrogen) atoms. The Kier molecular flexibility index (Phi) is 30.4. The minimum atomic E-state index is -0.932. The zero-order valence-electron chi connectivity index (χ0n) is 8.70. The van der Waals surface area contributed by atoms with Crippen LogP contribution in [0.25, 0.3) is 0 Å². The van der Waals surface area contributed by atoms with E-state index in [0.29, 0.717) is 6.42 Å². The first-order chi connectivity index (χ1) is 5.70. The molecule has 1 N–H and O–H groups in total. The largest absolute Gasteiger partial charge is 0.478 e. The highest BCUT2D eigenvalue weighted by atomic mass is 79.9. The molecule has 0 aliphatic heterocycles. The van der Waals surface area contributed by atoms with Crippen molar-refractivity contribution in [2.45, 2.75) is 6.42 Å². The quantitative estimate of drug-likeness (QED) is 0.536. The lowest BCUT2D eigenvalue weighted by atomic mass is 10.1. The molecule has 0 aliphatic rings. The molecule has 0 heterocycles. The Bertz CT molecular complexity index is 303. The number of rotatable bonds is 3. The summed E-state index contributed by atoms with van der Waals surface area (Å²) in [7, 11) is 0. The first kappa shape index (κ1) is 30.7. The normalized spacial score (nSPS) is 6.59. The van der Waals surface area contributed by atoms with E-state index in [1.807, 2.05) is 30.3 Å². The van der Waals surface area contributed by atoms with Gasteiger partial charge in [-0.25, -0.2) is 4.79 Å². The summed E-state index contributed by atoms with van der Waals surface area (Å²) in [6.45, 7) is 3.45. The average molecular weight is 567 g/mol. The lowest BCUT2D eigenvalue weighted by Gasteiger charge is -1.99. The molecule has 0 aromatic heterocycles. The predicted molar refractivity (Wildman–Crippen MR) is 98.5 cm³/mol. The molecular weight excluding hydrogens is 552 g/mol. The summed E-state index contributed by atoms with van der Waals surface area (Å²) < 4.78 is 0. The highest BCUT2D eigenvalue weighted by Crippen LogP contribution is 2.05. The molecule has 0 saturated heterocycles. The van der Waals surface area contributed by atoms with Gasteiger partial charge in [-0.15, -0.1) is 84.9 Å². The SMILES string of the molecule is Br.Br.Br.Br.Br.C=C(Cc1ccccc1)C(=O)O. The number of hydrogen-bond donors (Lipinski definition) is 1. The summed E-state index contributed by atoms with van der Waals surface area (Å²) in [6, 6.07) is 9.42. The molecule has 0 saturated carbocycles. The highest BCUT2D eigenvalue weighted by molar-refractivity contribution is 8.93. The summed E-state index contributed by atoms with van der Waals surface area (Å²) in [6.07, 6.45) is 0.413. The Morgan fingerprint density at radius 2 is 1.41 bits per heavy atom. The third-order valence-corrected chi connectivity index (χ3v) is 1.56. The second-order valence-electron chi connectivity index (χ2n) is 2.57. The van der Waals surface area contributed by atoms with Crippen molar-refractivity contribution in [2.24, 2.45) is 0 Å². The van der Waals surface area contributed by atoms with Crippen molar-refractivity contribution >= 4 is 90.9 Å². The van der Waals surface area contributed by atoms with Gasteiger partial charge < -0.3 is 5.11 Å². The topological polar surface area (TPSA) is 37.3 Å². The van der Waals surface area contributed by atoms with Crippen molar-refractivity contribution in [1.82, 2.24) is 0 Å². The molecule has 7 heteroatoms. The maximum Gasteiger partial charge on any atom is 0.331 e. The van der Waals surface area contributed by atoms with Crippen LogP contribution in [0.2, 0.25) is 0 Å². The molecule has 0 atom stereocenters. The van der Waals surface area contributed by atoms with Gasteiger partial charge in [0.25, 0.3) is 0 Å².